The normalized spacial score (nSPS) is 28.8. The van der Waals surface area contributed by atoms with E-state index in [4.69, 9.17) is 0 Å². The number of nitrogens with one attached hydrogen (secondary N) is 2. The summed E-state index contributed by atoms with van der Waals surface area (Å²) in [7, 11) is 0. The summed E-state index contributed by atoms with van der Waals surface area (Å²) in [5, 5.41) is 6.34. The SMILES string of the molecule is O=C(NC[C@H]1CCCN1)C1CC1. The lowest BCUT2D eigenvalue weighted by Gasteiger charge is -2.10. The first kappa shape index (κ1) is 8.05. The van der Waals surface area contributed by atoms with Gasteiger partial charge in [-0.25, -0.2) is 0 Å². The number of rotatable bonds is 3. The average molecular weight is 168 g/mol. The average Bonchev–Trinajstić information content (AvgIpc) is 2.80. The van der Waals surface area contributed by atoms with Gasteiger partial charge in [-0.3, -0.25) is 4.79 Å². The highest BCUT2D eigenvalue weighted by Crippen LogP contribution is 2.28. The van der Waals surface area contributed by atoms with Crippen molar-refractivity contribution in [3.8, 4) is 0 Å². The summed E-state index contributed by atoms with van der Waals surface area (Å²) in [5.41, 5.74) is 0. The molecule has 0 aromatic carbocycles. The Hall–Kier alpha value is -0.570. The smallest absolute Gasteiger partial charge is 0.223 e. The van der Waals surface area contributed by atoms with Gasteiger partial charge >= 0.3 is 0 Å². The number of carbonyl (C=O) groups is 1. The number of amides is 1. The summed E-state index contributed by atoms with van der Waals surface area (Å²) in [6.45, 7) is 1.94. The summed E-state index contributed by atoms with van der Waals surface area (Å²) in [6.07, 6.45) is 4.67. The van der Waals surface area contributed by atoms with Crippen molar-refractivity contribution in [2.24, 2.45) is 5.92 Å². The van der Waals surface area contributed by atoms with Gasteiger partial charge in [0, 0.05) is 18.5 Å². The molecule has 1 amide bonds. The number of carbonyl (C=O) groups excluding carboxylic acids is 1. The van der Waals surface area contributed by atoms with Crippen LogP contribution in [0.25, 0.3) is 0 Å². The minimum absolute atomic E-state index is 0.267. The summed E-state index contributed by atoms with van der Waals surface area (Å²) in [5.74, 6) is 0.620. The van der Waals surface area contributed by atoms with Gasteiger partial charge in [-0.05, 0) is 32.2 Å². The van der Waals surface area contributed by atoms with Gasteiger partial charge in [-0.15, -0.1) is 0 Å². The van der Waals surface area contributed by atoms with E-state index in [-0.39, 0.29) is 5.91 Å². The first-order chi connectivity index (χ1) is 5.86. The van der Waals surface area contributed by atoms with Gasteiger partial charge < -0.3 is 10.6 Å². The Bertz CT molecular complexity index is 171. The molecule has 1 saturated heterocycles. The molecule has 1 aliphatic heterocycles. The molecule has 0 radical (unpaired) electrons. The van der Waals surface area contributed by atoms with E-state index in [1.165, 1.54) is 12.8 Å². The van der Waals surface area contributed by atoms with E-state index in [9.17, 15) is 4.79 Å². The molecule has 0 bridgehead atoms. The first-order valence-corrected chi connectivity index (χ1v) is 4.87. The van der Waals surface area contributed by atoms with Crippen LogP contribution in [0.2, 0.25) is 0 Å². The largest absolute Gasteiger partial charge is 0.354 e. The summed E-state index contributed by atoms with van der Waals surface area (Å²) in [4.78, 5) is 11.2. The highest BCUT2D eigenvalue weighted by atomic mass is 16.2. The van der Waals surface area contributed by atoms with Crippen molar-refractivity contribution in [2.75, 3.05) is 13.1 Å². The van der Waals surface area contributed by atoms with Crippen molar-refractivity contribution in [3.05, 3.63) is 0 Å². The molecule has 1 atom stereocenters. The van der Waals surface area contributed by atoms with Crippen molar-refractivity contribution in [3.63, 3.8) is 0 Å². The predicted molar refractivity (Wildman–Crippen MR) is 46.8 cm³/mol. The molecule has 3 nitrogen and oxygen atoms in total. The third-order valence-corrected chi connectivity index (χ3v) is 2.63. The Morgan fingerprint density at radius 2 is 2.25 bits per heavy atom. The van der Waals surface area contributed by atoms with E-state index < -0.39 is 0 Å². The van der Waals surface area contributed by atoms with Crippen molar-refractivity contribution < 1.29 is 4.79 Å². The zero-order valence-corrected chi connectivity index (χ0v) is 7.31. The predicted octanol–water partition coefficient (Wildman–Crippen LogP) is 0.265. The van der Waals surface area contributed by atoms with Gasteiger partial charge in [-0.1, -0.05) is 0 Å². The maximum Gasteiger partial charge on any atom is 0.223 e. The maximum absolute atomic E-state index is 11.2. The molecule has 2 aliphatic rings. The van der Waals surface area contributed by atoms with Crippen LogP contribution in [0, 0.1) is 5.92 Å². The van der Waals surface area contributed by atoms with E-state index in [1.807, 2.05) is 0 Å². The molecule has 1 aliphatic carbocycles. The van der Waals surface area contributed by atoms with E-state index in [2.05, 4.69) is 10.6 Å². The minimum Gasteiger partial charge on any atom is -0.354 e. The molecule has 2 rings (SSSR count). The molecule has 0 spiro atoms. The zero-order valence-electron chi connectivity index (χ0n) is 7.31. The highest BCUT2D eigenvalue weighted by molar-refractivity contribution is 5.80. The van der Waals surface area contributed by atoms with Crippen LogP contribution in [-0.4, -0.2) is 25.0 Å². The molecule has 1 saturated carbocycles. The Morgan fingerprint density at radius 1 is 1.42 bits per heavy atom. The molecule has 2 N–H and O–H groups in total. The quantitative estimate of drug-likeness (QED) is 0.635. The molecule has 68 valence electrons. The topological polar surface area (TPSA) is 41.1 Å². The molecule has 1 heterocycles. The Morgan fingerprint density at radius 3 is 2.83 bits per heavy atom. The van der Waals surface area contributed by atoms with Gasteiger partial charge in [0.25, 0.3) is 0 Å². The van der Waals surface area contributed by atoms with Crippen LogP contribution in [0.4, 0.5) is 0 Å². The lowest BCUT2D eigenvalue weighted by Crippen LogP contribution is -2.37. The zero-order chi connectivity index (χ0) is 8.39. The first-order valence-electron chi connectivity index (χ1n) is 4.87. The van der Waals surface area contributed by atoms with Crippen molar-refractivity contribution in [1.29, 1.82) is 0 Å². The highest BCUT2D eigenvalue weighted by Gasteiger charge is 2.29. The fraction of sp³-hybridized carbons (Fsp3) is 0.889. The molecule has 0 unspecified atom stereocenters. The van der Waals surface area contributed by atoms with Crippen LogP contribution in [0.3, 0.4) is 0 Å². The lowest BCUT2D eigenvalue weighted by molar-refractivity contribution is -0.122. The molecule has 0 aromatic heterocycles. The van der Waals surface area contributed by atoms with Gasteiger partial charge in [-0.2, -0.15) is 0 Å². The van der Waals surface area contributed by atoms with E-state index >= 15 is 0 Å². The van der Waals surface area contributed by atoms with Gasteiger partial charge in [0.2, 0.25) is 5.91 Å². The van der Waals surface area contributed by atoms with Crippen molar-refractivity contribution in [1.82, 2.24) is 10.6 Å². The number of hydrogen-bond donors (Lipinski definition) is 2. The monoisotopic (exact) mass is 168 g/mol. The van der Waals surface area contributed by atoms with E-state index in [0.717, 1.165) is 25.9 Å². The van der Waals surface area contributed by atoms with E-state index in [1.54, 1.807) is 0 Å². The lowest BCUT2D eigenvalue weighted by atomic mass is 10.2. The fourth-order valence-corrected chi connectivity index (χ4v) is 1.64. The van der Waals surface area contributed by atoms with Crippen molar-refractivity contribution >= 4 is 5.91 Å². The maximum atomic E-state index is 11.2. The summed E-state index contributed by atoms with van der Waals surface area (Å²) >= 11 is 0. The van der Waals surface area contributed by atoms with Gasteiger partial charge in [0.1, 0.15) is 0 Å². The Labute approximate surface area is 72.9 Å². The third-order valence-electron chi connectivity index (χ3n) is 2.63. The number of hydrogen-bond acceptors (Lipinski definition) is 2. The fourth-order valence-electron chi connectivity index (χ4n) is 1.64. The molecule has 3 heteroatoms. The molecular weight excluding hydrogens is 152 g/mol. The van der Waals surface area contributed by atoms with Crippen LogP contribution >= 0.6 is 0 Å². The van der Waals surface area contributed by atoms with Crippen LogP contribution in [0.1, 0.15) is 25.7 Å². The molecule has 0 aromatic rings. The van der Waals surface area contributed by atoms with Crippen LogP contribution in [0.15, 0.2) is 0 Å². The molecular formula is C9H16N2O. The molecule has 2 fully saturated rings. The Kier molecular flexibility index (Phi) is 2.30. The van der Waals surface area contributed by atoms with Crippen LogP contribution in [0.5, 0.6) is 0 Å². The summed E-state index contributed by atoms with van der Waals surface area (Å²) in [6, 6.07) is 0.535. The minimum atomic E-state index is 0.267. The van der Waals surface area contributed by atoms with E-state index in [0.29, 0.717) is 12.0 Å². The second-order valence-electron chi connectivity index (χ2n) is 3.81. The molecule has 12 heavy (non-hydrogen) atoms. The van der Waals surface area contributed by atoms with Crippen LogP contribution in [-0.2, 0) is 4.79 Å². The van der Waals surface area contributed by atoms with Crippen molar-refractivity contribution in [2.45, 2.75) is 31.7 Å². The van der Waals surface area contributed by atoms with Gasteiger partial charge in [0.15, 0.2) is 0 Å². The second kappa shape index (κ2) is 3.44. The van der Waals surface area contributed by atoms with Gasteiger partial charge in [0.05, 0.1) is 0 Å². The third kappa shape index (κ3) is 1.97. The Balaban J connectivity index is 1.63. The summed E-state index contributed by atoms with van der Waals surface area (Å²) < 4.78 is 0. The van der Waals surface area contributed by atoms with Crippen LogP contribution < -0.4 is 10.6 Å². The second-order valence-corrected chi connectivity index (χ2v) is 3.81. The standard InChI is InChI=1S/C9H16N2O/c12-9(7-3-4-7)11-6-8-2-1-5-10-8/h7-8,10H,1-6H2,(H,11,12)/t8-/m1/s1.